The van der Waals surface area contributed by atoms with Crippen LogP contribution in [0.3, 0.4) is 0 Å². The molecule has 0 bridgehead atoms. The Bertz CT molecular complexity index is 1050. The topological polar surface area (TPSA) is 86.7 Å². The molecule has 2 aliphatic rings. The first-order valence-corrected chi connectivity index (χ1v) is 9.68. The number of nitrogens with zero attached hydrogens (tertiary/aromatic N) is 1. The average molecular weight is 392 g/mol. The highest BCUT2D eigenvalue weighted by molar-refractivity contribution is 6.24. The lowest BCUT2D eigenvalue weighted by Crippen LogP contribution is -2.53. The lowest BCUT2D eigenvalue weighted by molar-refractivity contribution is -0.147. The van der Waals surface area contributed by atoms with Crippen LogP contribution in [0.1, 0.15) is 35.2 Å². The minimum Gasteiger partial charge on any atom is -0.480 e. The molecule has 2 aromatic rings. The molecule has 29 heavy (non-hydrogen) atoms. The van der Waals surface area contributed by atoms with Crippen molar-refractivity contribution in [2.24, 2.45) is 11.8 Å². The maximum absolute atomic E-state index is 13.5. The van der Waals surface area contributed by atoms with Crippen LogP contribution in [0.4, 0.5) is 5.69 Å². The molecule has 2 aliphatic heterocycles. The fourth-order valence-corrected chi connectivity index (χ4v) is 4.75. The predicted octanol–water partition coefficient (Wildman–Crippen LogP) is 2.91. The number of carboxylic acids is 1. The van der Waals surface area contributed by atoms with E-state index in [-0.39, 0.29) is 5.91 Å². The molecule has 2 fully saturated rings. The van der Waals surface area contributed by atoms with Gasteiger partial charge < -0.3 is 5.11 Å². The number of carboxylic acid groups (broad SMARTS) is 1. The highest BCUT2D eigenvalue weighted by Crippen LogP contribution is 2.50. The summed E-state index contributed by atoms with van der Waals surface area (Å²) in [6, 6.07) is 12.5. The van der Waals surface area contributed by atoms with Crippen molar-refractivity contribution in [3.8, 4) is 0 Å². The molecule has 0 radical (unpaired) electrons. The van der Waals surface area contributed by atoms with E-state index in [2.05, 4.69) is 5.32 Å². The molecule has 4 rings (SSSR count). The van der Waals surface area contributed by atoms with E-state index >= 15 is 0 Å². The number of aryl methyl sites for hydroxylation is 3. The number of rotatable bonds is 3. The van der Waals surface area contributed by atoms with Crippen LogP contribution in [-0.2, 0) is 14.4 Å². The Kier molecular flexibility index (Phi) is 4.35. The lowest BCUT2D eigenvalue weighted by Gasteiger charge is -2.28. The summed E-state index contributed by atoms with van der Waals surface area (Å²) in [5.41, 5.74) is 2.61. The highest BCUT2D eigenvalue weighted by Gasteiger charge is 2.67. The van der Waals surface area contributed by atoms with Crippen molar-refractivity contribution in [1.29, 1.82) is 0 Å². The van der Waals surface area contributed by atoms with Gasteiger partial charge in [0.05, 0.1) is 17.5 Å². The number of benzene rings is 2. The molecule has 0 aliphatic carbocycles. The van der Waals surface area contributed by atoms with Crippen LogP contribution in [-0.4, -0.2) is 28.4 Å². The van der Waals surface area contributed by atoms with E-state index in [1.165, 1.54) is 11.8 Å². The minimum absolute atomic E-state index is 0.349. The van der Waals surface area contributed by atoms with E-state index in [9.17, 15) is 19.5 Å². The smallest absolute Gasteiger partial charge is 0.324 e. The summed E-state index contributed by atoms with van der Waals surface area (Å²) in [7, 11) is 0. The van der Waals surface area contributed by atoms with Crippen molar-refractivity contribution in [1.82, 2.24) is 5.32 Å². The van der Waals surface area contributed by atoms with Crippen LogP contribution in [0.2, 0.25) is 0 Å². The molecule has 6 nitrogen and oxygen atoms in total. The van der Waals surface area contributed by atoms with Crippen LogP contribution in [0.15, 0.2) is 42.5 Å². The number of carbonyl (C=O) groups is 3. The van der Waals surface area contributed by atoms with Gasteiger partial charge in [0, 0.05) is 6.04 Å². The Hall–Kier alpha value is -2.99. The van der Waals surface area contributed by atoms with Gasteiger partial charge in [0.15, 0.2) is 0 Å². The normalized spacial score (nSPS) is 28.7. The summed E-state index contributed by atoms with van der Waals surface area (Å²) in [6.45, 7) is 7.22. The second-order valence-corrected chi connectivity index (χ2v) is 8.29. The van der Waals surface area contributed by atoms with Gasteiger partial charge in [0.25, 0.3) is 0 Å². The number of fused-ring (bicyclic) bond motifs is 1. The monoisotopic (exact) mass is 392 g/mol. The summed E-state index contributed by atoms with van der Waals surface area (Å²) < 4.78 is 0. The van der Waals surface area contributed by atoms with Crippen LogP contribution in [0.25, 0.3) is 0 Å². The lowest BCUT2D eigenvalue weighted by atomic mass is 9.80. The standard InChI is InChI=1S/C23H24N2O4/c1-12-9-10-13(2)15(11-12)19-17-18(23(4,24-19)22(28)29)21(27)25(20(17)26)16-8-6-5-7-14(16)3/h5-11,17-19,24H,1-4H3,(H,28,29). The van der Waals surface area contributed by atoms with Gasteiger partial charge >= 0.3 is 5.97 Å². The van der Waals surface area contributed by atoms with Crippen LogP contribution in [0.5, 0.6) is 0 Å². The molecule has 2 aromatic carbocycles. The van der Waals surface area contributed by atoms with Crippen LogP contribution >= 0.6 is 0 Å². The molecule has 4 atom stereocenters. The van der Waals surface area contributed by atoms with Gasteiger partial charge in [-0.2, -0.15) is 0 Å². The number of imide groups is 1. The van der Waals surface area contributed by atoms with Gasteiger partial charge in [-0.15, -0.1) is 0 Å². The Morgan fingerprint density at radius 3 is 2.38 bits per heavy atom. The first-order chi connectivity index (χ1) is 13.7. The van der Waals surface area contributed by atoms with E-state index in [0.29, 0.717) is 5.69 Å². The SMILES string of the molecule is Cc1ccc(C)c(C2NC(C)(C(=O)O)C3C(=O)N(c4ccccc4C)C(=O)C23)c1. The van der Waals surface area contributed by atoms with Gasteiger partial charge in [-0.3, -0.25) is 19.7 Å². The summed E-state index contributed by atoms with van der Waals surface area (Å²) in [6.07, 6.45) is 0. The Morgan fingerprint density at radius 2 is 1.72 bits per heavy atom. The molecule has 6 heteroatoms. The summed E-state index contributed by atoms with van der Waals surface area (Å²) >= 11 is 0. The Morgan fingerprint density at radius 1 is 1.03 bits per heavy atom. The van der Waals surface area contributed by atoms with E-state index < -0.39 is 35.3 Å². The summed E-state index contributed by atoms with van der Waals surface area (Å²) in [5, 5.41) is 13.1. The van der Waals surface area contributed by atoms with E-state index in [0.717, 1.165) is 22.3 Å². The first kappa shape index (κ1) is 19.3. The first-order valence-electron chi connectivity index (χ1n) is 9.68. The third-order valence-electron chi connectivity index (χ3n) is 6.36. The number of hydrogen-bond acceptors (Lipinski definition) is 4. The molecular formula is C23H24N2O4. The molecule has 0 spiro atoms. The van der Waals surface area contributed by atoms with Crippen molar-refractivity contribution in [3.63, 3.8) is 0 Å². The maximum atomic E-state index is 13.5. The van der Waals surface area contributed by atoms with Crippen molar-refractivity contribution in [2.75, 3.05) is 4.90 Å². The molecule has 150 valence electrons. The summed E-state index contributed by atoms with van der Waals surface area (Å²) in [5.74, 6) is -3.69. The Balaban J connectivity index is 1.88. The third kappa shape index (κ3) is 2.70. The average Bonchev–Trinajstić information content (AvgIpc) is 3.12. The van der Waals surface area contributed by atoms with Crippen LogP contribution in [0, 0.1) is 32.6 Å². The fraction of sp³-hybridized carbons (Fsp3) is 0.348. The zero-order valence-corrected chi connectivity index (χ0v) is 16.9. The van der Waals surface area contributed by atoms with Gasteiger partial charge in [0.2, 0.25) is 11.8 Å². The van der Waals surface area contributed by atoms with Crippen molar-refractivity contribution >= 4 is 23.5 Å². The molecule has 2 amide bonds. The second-order valence-electron chi connectivity index (χ2n) is 8.29. The quantitative estimate of drug-likeness (QED) is 0.785. The van der Waals surface area contributed by atoms with E-state index in [4.69, 9.17) is 0 Å². The molecule has 2 N–H and O–H groups in total. The van der Waals surface area contributed by atoms with Gasteiger partial charge in [-0.1, -0.05) is 42.0 Å². The van der Waals surface area contributed by atoms with Gasteiger partial charge in [0.1, 0.15) is 5.54 Å². The van der Waals surface area contributed by atoms with Gasteiger partial charge in [-0.05, 0) is 50.5 Å². The zero-order chi connectivity index (χ0) is 21.1. The molecular weight excluding hydrogens is 368 g/mol. The predicted molar refractivity (Wildman–Crippen MR) is 108 cm³/mol. The van der Waals surface area contributed by atoms with Crippen LogP contribution < -0.4 is 10.2 Å². The van der Waals surface area contributed by atoms with Crippen molar-refractivity contribution < 1.29 is 19.5 Å². The van der Waals surface area contributed by atoms with Gasteiger partial charge in [-0.25, -0.2) is 4.90 Å². The Labute approximate surface area is 169 Å². The largest absolute Gasteiger partial charge is 0.480 e. The maximum Gasteiger partial charge on any atom is 0.324 e. The molecule has 2 heterocycles. The third-order valence-corrected chi connectivity index (χ3v) is 6.36. The number of hydrogen-bond donors (Lipinski definition) is 2. The second kappa shape index (κ2) is 6.52. The molecule has 2 saturated heterocycles. The summed E-state index contributed by atoms with van der Waals surface area (Å²) in [4.78, 5) is 40.3. The zero-order valence-electron chi connectivity index (χ0n) is 16.9. The molecule has 4 unspecified atom stereocenters. The number of nitrogens with one attached hydrogen (secondary N) is 1. The number of anilines is 1. The van der Waals surface area contributed by atoms with E-state index in [1.54, 1.807) is 12.1 Å². The van der Waals surface area contributed by atoms with E-state index in [1.807, 2.05) is 51.1 Å². The van der Waals surface area contributed by atoms with Crippen molar-refractivity contribution in [3.05, 3.63) is 64.7 Å². The number of carbonyl (C=O) groups excluding carboxylic acids is 2. The fourth-order valence-electron chi connectivity index (χ4n) is 4.75. The number of amides is 2. The molecule has 0 saturated carbocycles. The number of aliphatic carboxylic acids is 1. The minimum atomic E-state index is -1.53. The highest BCUT2D eigenvalue weighted by atomic mass is 16.4. The molecule has 0 aromatic heterocycles. The number of para-hydroxylation sites is 1. The van der Waals surface area contributed by atoms with Crippen molar-refractivity contribution in [2.45, 2.75) is 39.3 Å².